The van der Waals surface area contributed by atoms with Crippen LogP contribution < -0.4 is 16.0 Å². The van der Waals surface area contributed by atoms with Crippen molar-refractivity contribution in [3.63, 3.8) is 0 Å². The summed E-state index contributed by atoms with van der Waals surface area (Å²) < 4.78 is 2.35. The first-order valence-corrected chi connectivity index (χ1v) is 21.1. The van der Waals surface area contributed by atoms with Gasteiger partial charge in [-0.25, -0.2) is 0 Å². The van der Waals surface area contributed by atoms with E-state index in [1.165, 1.54) is 57.3 Å². The Morgan fingerprint density at radius 2 is 1.17 bits per heavy atom. The van der Waals surface area contributed by atoms with E-state index in [0.29, 0.717) is 24.2 Å². The van der Waals surface area contributed by atoms with Gasteiger partial charge in [0, 0.05) is 134 Å². The average molecular weight is 813 g/mol. The topological polar surface area (TPSA) is 62.9 Å². The second-order valence-electron chi connectivity index (χ2n) is 13.5. The lowest BCUT2D eigenvalue weighted by Crippen LogP contribution is -2.53. The van der Waals surface area contributed by atoms with E-state index in [2.05, 4.69) is 120 Å². The van der Waals surface area contributed by atoms with Gasteiger partial charge in [0.2, 0.25) is 0 Å². The van der Waals surface area contributed by atoms with Crippen LogP contribution in [0.25, 0.3) is 0 Å². The van der Waals surface area contributed by atoms with Gasteiger partial charge in [-0.2, -0.15) is 23.5 Å². The molecule has 2 aromatic rings. The standard InChI is InChI=1S/C18H28BrN3S.C12H14BrNOS.C6H14N2/c1-14-10-22(11-15(2)20-14)12-16-3-4-18(19)17(9-16)13-21-5-7-23-8-6-21;13-12-2-1-10(9-15)7-11(12)8-14-3-5-16-6-4-14;1-5-3-7-4-6(2)8-5/h3-4,9,14-15,20H,5-8,10-13H2,1-2H3;1-2,7,9H,3-6,8H2;5-8H,3-4H2,1-2H3/t14-,15+;;5-,6+. The summed E-state index contributed by atoms with van der Waals surface area (Å²) in [6, 6.07) is 15.2. The van der Waals surface area contributed by atoms with E-state index in [1.54, 1.807) is 0 Å². The molecule has 0 aromatic heterocycles. The Labute approximate surface area is 309 Å². The molecule has 0 bridgehead atoms. The van der Waals surface area contributed by atoms with Crippen LogP contribution in [0.5, 0.6) is 0 Å². The predicted molar refractivity (Wildman–Crippen MR) is 211 cm³/mol. The first kappa shape index (κ1) is 39.3. The Morgan fingerprint density at radius 3 is 1.66 bits per heavy atom. The van der Waals surface area contributed by atoms with Gasteiger partial charge < -0.3 is 16.0 Å². The fourth-order valence-corrected chi connectivity index (χ4v) is 9.29. The minimum atomic E-state index is 0.583. The zero-order valence-corrected chi connectivity index (χ0v) is 33.6. The third-order valence-corrected chi connectivity index (χ3v) is 12.3. The van der Waals surface area contributed by atoms with Crippen molar-refractivity contribution in [1.82, 2.24) is 30.7 Å². The molecule has 3 N–H and O–H groups in total. The molecule has 11 heteroatoms. The fraction of sp³-hybridized carbons (Fsp3) is 0.639. The highest BCUT2D eigenvalue weighted by atomic mass is 79.9. The smallest absolute Gasteiger partial charge is 0.150 e. The molecule has 262 valence electrons. The number of aldehydes is 1. The summed E-state index contributed by atoms with van der Waals surface area (Å²) in [5, 5.41) is 10.4. The number of hydrogen-bond donors (Lipinski definition) is 3. The van der Waals surface area contributed by atoms with Crippen LogP contribution in [0.2, 0.25) is 0 Å². The number of rotatable bonds is 7. The largest absolute Gasteiger partial charge is 0.314 e. The molecule has 4 heterocycles. The van der Waals surface area contributed by atoms with Gasteiger partial charge in [0.05, 0.1) is 0 Å². The molecule has 47 heavy (non-hydrogen) atoms. The molecule has 0 saturated carbocycles. The first-order valence-electron chi connectivity index (χ1n) is 17.2. The van der Waals surface area contributed by atoms with Crippen LogP contribution >= 0.6 is 55.4 Å². The minimum Gasteiger partial charge on any atom is -0.314 e. The van der Waals surface area contributed by atoms with Crippen molar-refractivity contribution in [2.24, 2.45) is 0 Å². The third kappa shape index (κ3) is 14.4. The van der Waals surface area contributed by atoms with Crippen molar-refractivity contribution in [3.8, 4) is 0 Å². The second-order valence-corrected chi connectivity index (χ2v) is 17.6. The van der Waals surface area contributed by atoms with Gasteiger partial charge in [0.25, 0.3) is 0 Å². The van der Waals surface area contributed by atoms with Gasteiger partial charge in [-0.3, -0.25) is 19.5 Å². The highest BCUT2D eigenvalue weighted by molar-refractivity contribution is 9.10. The number of halogens is 2. The molecule has 0 amide bonds. The quantitative estimate of drug-likeness (QED) is 0.295. The van der Waals surface area contributed by atoms with Crippen molar-refractivity contribution in [1.29, 1.82) is 0 Å². The predicted octanol–water partition coefficient (Wildman–Crippen LogP) is 5.95. The summed E-state index contributed by atoms with van der Waals surface area (Å²) in [6.45, 7) is 21.2. The van der Waals surface area contributed by atoms with E-state index < -0.39 is 0 Å². The van der Waals surface area contributed by atoms with Gasteiger partial charge >= 0.3 is 0 Å². The molecule has 4 aliphatic rings. The van der Waals surface area contributed by atoms with Gasteiger partial charge in [0.15, 0.2) is 0 Å². The zero-order chi connectivity index (χ0) is 33.6. The Morgan fingerprint density at radius 1 is 0.681 bits per heavy atom. The molecular formula is C36H56Br2N6OS2. The monoisotopic (exact) mass is 810 g/mol. The van der Waals surface area contributed by atoms with E-state index in [0.717, 1.165) is 75.2 Å². The molecule has 0 aliphatic carbocycles. The highest BCUT2D eigenvalue weighted by Crippen LogP contribution is 2.24. The molecule has 0 unspecified atom stereocenters. The number of piperazine rings is 2. The molecule has 4 atom stereocenters. The second kappa shape index (κ2) is 21.0. The lowest BCUT2D eigenvalue weighted by Gasteiger charge is -2.36. The van der Waals surface area contributed by atoms with Crippen LogP contribution in [0.3, 0.4) is 0 Å². The summed E-state index contributed by atoms with van der Waals surface area (Å²) >= 11 is 11.4. The van der Waals surface area contributed by atoms with Crippen LogP contribution in [0.15, 0.2) is 45.3 Å². The maximum Gasteiger partial charge on any atom is 0.150 e. The van der Waals surface area contributed by atoms with Crippen molar-refractivity contribution in [2.45, 2.75) is 71.5 Å². The molecular weight excluding hydrogens is 756 g/mol. The van der Waals surface area contributed by atoms with Crippen LogP contribution in [0.4, 0.5) is 0 Å². The van der Waals surface area contributed by atoms with Crippen LogP contribution in [0, 0.1) is 0 Å². The Hall–Kier alpha value is -0.470. The summed E-state index contributed by atoms with van der Waals surface area (Å²) in [4.78, 5) is 18.3. The van der Waals surface area contributed by atoms with Gasteiger partial charge in [-0.15, -0.1) is 0 Å². The summed E-state index contributed by atoms with van der Waals surface area (Å²) in [6.07, 6.45) is 0.905. The SMILES string of the molecule is C[C@@H]1CN(Cc2ccc(Br)c(CN3CCSCC3)c2)C[C@H](C)N1.C[C@@H]1CNC[C@H](C)N1.O=Cc1ccc(Br)c(CN2CCSCC2)c1. The minimum absolute atomic E-state index is 0.583. The lowest BCUT2D eigenvalue weighted by atomic mass is 10.1. The first-order chi connectivity index (χ1) is 22.7. The molecule has 7 nitrogen and oxygen atoms in total. The lowest BCUT2D eigenvalue weighted by molar-refractivity contribution is 0.112. The summed E-state index contributed by atoms with van der Waals surface area (Å²) in [5.74, 6) is 4.97. The Kier molecular flexibility index (Phi) is 17.6. The molecule has 4 saturated heterocycles. The van der Waals surface area contributed by atoms with E-state index >= 15 is 0 Å². The van der Waals surface area contributed by atoms with E-state index in [-0.39, 0.29) is 0 Å². The van der Waals surface area contributed by atoms with Gasteiger partial charge in [0.1, 0.15) is 6.29 Å². The molecule has 0 radical (unpaired) electrons. The summed E-state index contributed by atoms with van der Waals surface area (Å²) in [7, 11) is 0. The molecule has 4 aliphatic heterocycles. The van der Waals surface area contributed by atoms with Gasteiger partial charge in [-0.05, 0) is 62.6 Å². The maximum absolute atomic E-state index is 10.7. The van der Waals surface area contributed by atoms with Crippen LogP contribution in [0.1, 0.15) is 54.7 Å². The zero-order valence-electron chi connectivity index (χ0n) is 28.8. The Balaban J connectivity index is 0.000000180. The normalized spacial score (nSPS) is 26.0. The van der Waals surface area contributed by atoms with E-state index in [9.17, 15) is 4.79 Å². The molecule has 0 spiro atoms. The highest BCUT2D eigenvalue weighted by Gasteiger charge is 2.21. The third-order valence-electron chi connectivity index (χ3n) is 8.82. The summed E-state index contributed by atoms with van der Waals surface area (Å²) in [5.41, 5.74) is 4.84. The van der Waals surface area contributed by atoms with E-state index in [1.807, 2.05) is 30.0 Å². The average Bonchev–Trinajstić information content (AvgIpc) is 3.05. The Bertz CT molecular complexity index is 1210. The number of benzene rings is 2. The van der Waals surface area contributed by atoms with Gasteiger partial charge in [-0.1, -0.05) is 50.1 Å². The number of carbonyl (C=O) groups excluding carboxylic acids is 1. The number of nitrogens with zero attached hydrogens (tertiary/aromatic N) is 3. The van der Waals surface area contributed by atoms with Crippen molar-refractivity contribution in [2.75, 3.05) is 75.4 Å². The number of nitrogens with one attached hydrogen (secondary N) is 3. The maximum atomic E-state index is 10.7. The van der Waals surface area contributed by atoms with Crippen molar-refractivity contribution < 1.29 is 4.79 Å². The van der Waals surface area contributed by atoms with E-state index in [4.69, 9.17) is 0 Å². The molecule has 4 fully saturated rings. The molecule has 6 rings (SSSR count). The number of hydrogen-bond acceptors (Lipinski definition) is 9. The number of thioether (sulfide) groups is 2. The number of carbonyl (C=O) groups is 1. The molecule has 2 aromatic carbocycles. The van der Waals surface area contributed by atoms with Crippen LogP contribution in [-0.4, -0.2) is 121 Å². The fourth-order valence-electron chi connectivity index (χ4n) is 6.58. The van der Waals surface area contributed by atoms with Crippen molar-refractivity contribution in [3.05, 3.63) is 67.6 Å². The van der Waals surface area contributed by atoms with Crippen molar-refractivity contribution >= 4 is 61.7 Å². The van der Waals surface area contributed by atoms with Crippen LogP contribution in [-0.2, 0) is 19.6 Å².